The normalized spacial score (nSPS) is 20.2. The van der Waals surface area contributed by atoms with Crippen LogP contribution < -0.4 is 0 Å². The molecule has 0 bridgehead atoms. The van der Waals surface area contributed by atoms with Crippen LogP contribution in [-0.4, -0.2) is 21.3 Å². The van der Waals surface area contributed by atoms with Crippen LogP contribution in [0.1, 0.15) is 37.7 Å². The molecule has 0 aliphatic carbocycles. The minimum absolute atomic E-state index is 0.146. The first-order valence-electron chi connectivity index (χ1n) is 7.14. The maximum Gasteiger partial charge on any atom is 0.307 e. The van der Waals surface area contributed by atoms with E-state index < -0.39 is 0 Å². The lowest BCUT2D eigenvalue weighted by Crippen LogP contribution is -2.10. The molecular weight excluding hydrogens is 284 g/mol. The second-order valence-electron chi connectivity index (χ2n) is 5.17. The summed E-state index contributed by atoms with van der Waals surface area (Å²) in [5, 5.41) is 0. The highest BCUT2D eigenvalue weighted by atomic mass is 32.2. The molecule has 1 aromatic carbocycles. The zero-order valence-electron chi connectivity index (χ0n) is 11.9. The summed E-state index contributed by atoms with van der Waals surface area (Å²) in [6.07, 6.45) is 4.76. The number of benzene rings is 1. The number of ether oxygens (including phenoxy) is 1. The molecule has 0 fully saturated rings. The minimum atomic E-state index is -0.191. The maximum absolute atomic E-state index is 12.0. The smallest absolute Gasteiger partial charge is 0.307 e. The van der Waals surface area contributed by atoms with E-state index in [1.165, 1.54) is 4.90 Å². The van der Waals surface area contributed by atoms with Gasteiger partial charge in [0, 0.05) is 35.5 Å². The van der Waals surface area contributed by atoms with Crippen molar-refractivity contribution in [2.24, 2.45) is 0 Å². The summed E-state index contributed by atoms with van der Waals surface area (Å²) in [6.45, 7) is 2.12. The molecule has 5 heteroatoms. The molecular formula is C16H18N2O2S. The van der Waals surface area contributed by atoms with E-state index in [-0.39, 0.29) is 12.1 Å². The lowest BCUT2D eigenvalue weighted by Gasteiger charge is -2.11. The van der Waals surface area contributed by atoms with E-state index in [1.54, 1.807) is 18.0 Å². The highest BCUT2D eigenvalue weighted by Crippen LogP contribution is 2.35. The molecule has 4 nitrogen and oxygen atoms in total. The van der Waals surface area contributed by atoms with Gasteiger partial charge in [-0.2, -0.15) is 0 Å². The van der Waals surface area contributed by atoms with Crippen LogP contribution in [0.25, 0.3) is 0 Å². The Labute approximate surface area is 128 Å². The molecule has 2 atom stereocenters. The van der Waals surface area contributed by atoms with Crippen molar-refractivity contribution in [3.8, 4) is 0 Å². The Hall–Kier alpha value is -1.75. The van der Waals surface area contributed by atoms with Crippen LogP contribution >= 0.6 is 11.8 Å². The predicted molar refractivity (Wildman–Crippen MR) is 82.2 cm³/mol. The molecule has 21 heavy (non-hydrogen) atoms. The molecule has 0 amide bonds. The third-order valence-electron chi connectivity index (χ3n) is 3.61. The number of carbonyl (C=O) groups excluding carboxylic acids is 1. The van der Waals surface area contributed by atoms with E-state index >= 15 is 0 Å². The molecule has 0 saturated carbocycles. The molecule has 1 aromatic heterocycles. The van der Waals surface area contributed by atoms with Crippen LogP contribution in [0.5, 0.6) is 0 Å². The number of esters is 1. The molecule has 1 aliphatic heterocycles. The highest BCUT2D eigenvalue weighted by Gasteiger charge is 2.31. The van der Waals surface area contributed by atoms with Crippen LogP contribution in [0.4, 0.5) is 0 Å². The number of rotatable bonds is 5. The lowest BCUT2D eigenvalue weighted by molar-refractivity contribution is -0.149. The molecule has 0 radical (unpaired) electrons. The fourth-order valence-electron chi connectivity index (χ4n) is 2.56. The lowest BCUT2D eigenvalue weighted by atomic mass is 10.2. The SMILES string of the molecule is C[C@@H]1C[C@H](OC(=O)CCSc2ccccc2)c2nccn21. The Balaban J connectivity index is 1.47. The zero-order chi connectivity index (χ0) is 14.7. The molecule has 0 saturated heterocycles. The summed E-state index contributed by atoms with van der Waals surface area (Å²) >= 11 is 1.67. The second-order valence-corrected chi connectivity index (χ2v) is 6.34. The van der Waals surface area contributed by atoms with Gasteiger partial charge in [0.25, 0.3) is 0 Å². The van der Waals surface area contributed by atoms with Gasteiger partial charge in [-0.3, -0.25) is 4.79 Å². The average Bonchev–Trinajstić information content (AvgIpc) is 3.06. The summed E-state index contributed by atoms with van der Waals surface area (Å²) < 4.78 is 7.65. The molecule has 0 spiro atoms. The average molecular weight is 302 g/mol. The number of imidazole rings is 1. The number of carbonyl (C=O) groups is 1. The number of hydrogen-bond acceptors (Lipinski definition) is 4. The van der Waals surface area contributed by atoms with Gasteiger partial charge in [0.2, 0.25) is 0 Å². The van der Waals surface area contributed by atoms with E-state index in [1.807, 2.05) is 36.5 Å². The van der Waals surface area contributed by atoms with Crippen molar-refractivity contribution in [2.75, 3.05) is 5.75 Å². The summed E-state index contributed by atoms with van der Waals surface area (Å²) in [5.41, 5.74) is 0. The van der Waals surface area contributed by atoms with E-state index in [4.69, 9.17) is 4.74 Å². The minimum Gasteiger partial charge on any atom is -0.454 e. The van der Waals surface area contributed by atoms with Crippen molar-refractivity contribution in [2.45, 2.75) is 36.8 Å². The fraction of sp³-hybridized carbons (Fsp3) is 0.375. The van der Waals surface area contributed by atoms with E-state index in [9.17, 15) is 4.79 Å². The monoisotopic (exact) mass is 302 g/mol. The van der Waals surface area contributed by atoms with Crippen LogP contribution in [0, 0.1) is 0 Å². The van der Waals surface area contributed by atoms with Crippen molar-refractivity contribution in [3.05, 3.63) is 48.5 Å². The van der Waals surface area contributed by atoms with Gasteiger partial charge in [0.05, 0.1) is 6.42 Å². The number of nitrogens with zero attached hydrogens (tertiary/aromatic N) is 2. The Morgan fingerprint density at radius 1 is 1.43 bits per heavy atom. The van der Waals surface area contributed by atoms with Gasteiger partial charge in [-0.25, -0.2) is 4.98 Å². The van der Waals surface area contributed by atoms with Gasteiger partial charge >= 0.3 is 5.97 Å². The first kappa shape index (κ1) is 14.2. The summed E-state index contributed by atoms with van der Waals surface area (Å²) in [5.74, 6) is 1.46. The van der Waals surface area contributed by atoms with Crippen LogP contribution in [0.3, 0.4) is 0 Å². The predicted octanol–water partition coefficient (Wildman–Crippen LogP) is 3.61. The second kappa shape index (κ2) is 6.35. The molecule has 2 aromatic rings. The molecule has 110 valence electrons. The standard InChI is InChI=1S/C16H18N2O2S/c1-12-11-14(16-17-8-9-18(12)16)20-15(19)7-10-21-13-5-3-2-4-6-13/h2-6,8-9,12,14H,7,10-11H2,1H3/t12-,14+/m1/s1. The van der Waals surface area contributed by atoms with E-state index in [0.29, 0.717) is 12.5 Å². The summed E-state index contributed by atoms with van der Waals surface area (Å²) in [6, 6.07) is 10.4. The van der Waals surface area contributed by atoms with E-state index in [2.05, 4.69) is 16.5 Å². The van der Waals surface area contributed by atoms with Crippen molar-refractivity contribution >= 4 is 17.7 Å². The van der Waals surface area contributed by atoms with Crippen molar-refractivity contribution in [1.29, 1.82) is 0 Å². The van der Waals surface area contributed by atoms with Crippen molar-refractivity contribution in [3.63, 3.8) is 0 Å². The Morgan fingerprint density at radius 3 is 3.05 bits per heavy atom. The van der Waals surface area contributed by atoms with Crippen molar-refractivity contribution < 1.29 is 9.53 Å². The highest BCUT2D eigenvalue weighted by molar-refractivity contribution is 7.99. The van der Waals surface area contributed by atoms with Gasteiger partial charge in [0.15, 0.2) is 6.10 Å². The Morgan fingerprint density at radius 2 is 2.24 bits per heavy atom. The third kappa shape index (κ3) is 3.29. The number of hydrogen-bond donors (Lipinski definition) is 0. The Bertz CT molecular complexity index is 612. The molecule has 0 unspecified atom stereocenters. The fourth-order valence-corrected chi connectivity index (χ4v) is 3.42. The number of thioether (sulfide) groups is 1. The largest absolute Gasteiger partial charge is 0.454 e. The van der Waals surface area contributed by atoms with Gasteiger partial charge in [-0.05, 0) is 19.1 Å². The number of aromatic nitrogens is 2. The first-order valence-corrected chi connectivity index (χ1v) is 8.12. The molecule has 2 heterocycles. The molecule has 0 N–H and O–H groups in total. The van der Waals surface area contributed by atoms with Gasteiger partial charge in [-0.15, -0.1) is 11.8 Å². The summed E-state index contributed by atoms with van der Waals surface area (Å²) in [4.78, 5) is 17.4. The first-order chi connectivity index (χ1) is 10.2. The van der Waals surface area contributed by atoms with E-state index in [0.717, 1.165) is 18.0 Å². The quantitative estimate of drug-likeness (QED) is 0.625. The third-order valence-corrected chi connectivity index (χ3v) is 4.62. The molecule has 3 rings (SSSR count). The maximum atomic E-state index is 12.0. The Kier molecular flexibility index (Phi) is 4.29. The number of fused-ring (bicyclic) bond motifs is 1. The van der Waals surface area contributed by atoms with Gasteiger partial charge in [-0.1, -0.05) is 18.2 Å². The van der Waals surface area contributed by atoms with Crippen LogP contribution in [-0.2, 0) is 9.53 Å². The van der Waals surface area contributed by atoms with Crippen LogP contribution in [0.2, 0.25) is 0 Å². The van der Waals surface area contributed by atoms with Gasteiger partial charge in [0.1, 0.15) is 5.82 Å². The van der Waals surface area contributed by atoms with Crippen molar-refractivity contribution in [1.82, 2.24) is 9.55 Å². The topological polar surface area (TPSA) is 44.1 Å². The summed E-state index contributed by atoms with van der Waals surface area (Å²) in [7, 11) is 0. The van der Waals surface area contributed by atoms with Gasteiger partial charge < -0.3 is 9.30 Å². The zero-order valence-corrected chi connectivity index (χ0v) is 12.8. The molecule has 1 aliphatic rings. The van der Waals surface area contributed by atoms with Crippen LogP contribution in [0.15, 0.2) is 47.6 Å².